The van der Waals surface area contributed by atoms with Crippen LogP contribution in [0.25, 0.3) is 0 Å². The Morgan fingerprint density at radius 3 is 0.923 bits per heavy atom. The molecule has 0 saturated heterocycles. The van der Waals surface area contributed by atoms with Crippen molar-refractivity contribution in [1.82, 2.24) is 0 Å². The van der Waals surface area contributed by atoms with Gasteiger partial charge in [0.15, 0.2) is 0 Å². The van der Waals surface area contributed by atoms with Gasteiger partial charge in [-0.05, 0) is 101 Å². The van der Waals surface area contributed by atoms with Crippen LogP contribution in [0.5, 0.6) is 0 Å². The molecule has 0 heterocycles. The van der Waals surface area contributed by atoms with Gasteiger partial charge in [0, 0.05) is 0 Å². The molecule has 1 aromatic carbocycles. The molecule has 0 aliphatic carbocycles. The molecule has 27 heteroatoms. The van der Waals surface area contributed by atoms with Gasteiger partial charge in [0.25, 0.3) is 0 Å². The summed E-state index contributed by atoms with van der Waals surface area (Å²) in [6.45, 7) is 3.28. The first kappa shape index (κ1) is 75.5. The number of nitrogens with two attached hydrogens (primary N) is 8. The van der Waals surface area contributed by atoms with Gasteiger partial charge in [-0.15, -0.1) is 0 Å². The molecular formula is C38H80N8O17S2. The fourth-order valence-electron chi connectivity index (χ4n) is 2.69. The Kier molecular flexibility index (Phi) is 63.4. The van der Waals surface area contributed by atoms with Crippen LogP contribution in [-0.4, -0.2) is 197 Å². The highest BCUT2D eigenvalue weighted by atomic mass is 32.2. The minimum absolute atomic E-state index is 0.139. The van der Waals surface area contributed by atoms with E-state index in [0.29, 0.717) is 58.0 Å². The molecule has 1 rings (SSSR count). The molecule has 0 aromatic heterocycles. The first-order chi connectivity index (χ1) is 30.1. The van der Waals surface area contributed by atoms with Crippen molar-refractivity contribution in [3.63, 3.8) is 0 Å². The summed E-state index contributed by atoms with van der Waals surface area (Å²) in [6.07, 6.45) is 6.50. The molecule has 0 aliphatic rings. The molecule has 0 radical (unpaired) electrons. The number of hydrogen-bond acceptors (Lipinski definition) is 21. The predicted octanol–water partition coefficient (Wildman–Crippen LogP) is -3.67. The maximum Gasteiger partial charge on any atom is 0.322 e. The number of benzene rings is 1. The normalized spacial score (nSPS) is 13.3. The van der Waals surface area contributed by atoms with E-state index < -0.39 is 90.9 Å². The Balaban J connectivity index is -0.000000120. The fraction of sp³-hybridized carbons (Fsp3) is 0.684. The lowest BCUT2D eigenvalue weighted by Gasteiger charge is -2.04. The number of aliphatic carboxylic acids is 6. The van der Waals surface area contributed by atoms with E-state index in [1.165, 1.54) is 13.8 Å². The van der Waals surface area contributed by atoms with Crippen LogP contribution >= 0.6 is 23.5 Å². The maximum absolute atomic E-state index is 10.4. The predicted molar refractivity (Wildman–Crippen MR) is 251 cm³/mol. The zero-order valence-corrected chi connectivity index (χ0v) is 39.3. The minimum Gasteiger partial charge on any atom is -0.480 e. The van der Waals surface area contributed by atoms with Crippen molar-refractivity contribution in [2.24, 2.45) is 45.9 Å². The third-order valence-electron chi connectivity index (χ3n) is 6.63. The summed E-state index contributed by atoms with van der Waals surface area (Å²) in [5.41, 5.74) is 42.0. The Bertz CT molecular complexity index is 1180. The fourth-order valence-corrected chi connectivity index (χ4v) is 3.67. The van der Waals surface area contributed by atoms with Crippen LogP contribution < -0.4 is 45.9 Å². The van der Waals surface area contributed by atoms with Crippen LogP contribution in [0.4, 0.5) is 0 Å². The highest BCUT2D eigenvalue weighted by Crippen LogP contribution is 2.02. The van der Waals surface area contributed by atoms with Crippen molar-refractivity contribution in [3.8, 4) is 0 Å². The first-order valence-electron chi connectivity index (χ1n) is 19.7. The molecule has 0 bridgehead atoms. The number of rotatable bonds is 23. The van der Waals surface area contributed by atoms with Gasteiger partial charge in [0.05, 0.1) is 32.0 Å². The summed E-state index contributed by atoms with van der Waals surface area (Å²) < 4.78 is 0. The lowest BCUT2D eigenvalue weighted by Crippen LogP contribution is -2.33. The number of hydrogen-bond donors (Lipinski definition) is 19. The summed E-state index contributed by atoms with van der Waals surface area (Å²) in [5.74, 6) is -4.25. The largest absolute Gasteiger partial charge is 0.480 e. The molecule has 8 atom stereocenters. The average molecular weight is 985 g/mol. The standard InChI is InChI=1S/C9H11NO2.2C5H12N2O2.2C5H11NO2S.C3H7NO3.2C3H8O2/c10-8(9(11)12)6-7-4-2-1-3-5-7;2*6-3-1-2-4(7)5(8)9;2*1-9-3-2-4(6)5(7)8;4-2(1-5)3(6)7;2*1-3(5)2-4/h1-5,8H,6,10H2,(H,11,12);2*4H,1-3,6-7H2,(H,8,9);2*4H,2-3,6H2,1H3,(H,7,8);2,5H,1,4H2,(H,6,7);2*3-5H,2H2,1H3/t8-;4*4-;2-;;/m000000../s1. The van der Waals surface area contributed by atoms with E-state index in [-0.39, 0.29) is 13.2 Å². The van der Waals surface area contributed by atoms with E-state index in [4.69, 9.17) is 102 Å². The zero-order valence-electron chi connectivity index (χ0n) is 37.7. The molecule has 27 N–H and O–H groups in total. The Morgan fingerprint density at radius 2 is 0.738 bits per heavy atom. The summed E-state index contributed by atoms with van der Waals surface area (Å²) in [5, 5.41) is 89.5. The highest BCUT2D eigenvalue weighted by molar-refractivity contribution is 7.98. The van der Waals surface area contributed by atoms with E-state index in [1.54, 1.807) is 23.5 Å². The van der Waals surface area contributed by atoms with E-state index in [0.717, 1.165) is 17.1 Å². The lowest BCUT2D eigenvalue weighted by atomic mass is 10.1. The average Bonchev–Trinajstić information content (AvgIpc) is 3.26. The lowest BCUT2D eigenvalue weighted by molar-refractivity contribution is -0.140. The number of aliphatic hydroxyl groups is 5. The van der Waals surface area contributed by atoms with Crippen LogP contribution in [0.2, 0.25) is 0 Å². The third kappa shape index (κ3) is 69.4. The number of carboxylic acid groups (broad SMARTS) is 6. The molecule has 0 saturated carbocycles. The van der Waals surface area contributed by atoms with Gasteiger partial charge in [-0.2, -0.15) is 23.5 Å². The summed E-state index contributed by atoms with van der Waals surface area (Å²) in [6, 6.07) is 4.57. The van der Waals surface area contributed by atoms with Crippen molar-refractivity contribution in [3.05, 3.63) is 35.9 Å². The topological polar surface area (TPSA) is 533 Å². The van der Waals surface area contributed by atoms with Crippen molar-refractivity contribution in [2.45, 2.75) is 107 Å². The highest BCUT2D eigenvalue weighted by Gasteiger charge is 2.12. The molecule has 0 fully saturated rings. The minimum atomic E-state index is -1.18. The van der Waals surface area contributed by atoms with Crippen LogP contribution in [0.1, 0.15) is 57.9 Å². The molecule has 2 unspecified atom stereocenters. The van der Waals surface area contributed by atoms with Crippen molar-refractivity contribution >= 4 is 59.3 Å². The van der Waals surface area contributed by atoms with Gasteiger partial charge in [0.2, 0.25) is 0 Å². The molecule has 386 valence electrons. The van der Waals surface area contributed by atoms with E-state index in [9.17, 15) is 28.8 Å². The first-order valence-corrected chi connectivity index (χ1v) is 22.4. The molecule has 0 spiro atoms. The number of aliphatic hydroxyl groups excluding tert-OH is 5. The van der Waals surface area contributed by atoms with Crippen LogP contribution in [0, 0.1) is 0 Å². The smallest absolute Gasteiger partial charge is 0.322 e. The zero-order chi connectivity index (χ0) is 52.5. The number of carbonyl (C=O) groups is 6. The van der Waals surface area contributed by atoms with E-state index >= 15 is 0 Å². The molecule has 0 amide bonds. The van der Waals surface area contributed by atoms with Gasteiger partial charge in [0.1, 0.15) is 36.3 Å². The van der Waals surface area contributed by atoms with Crippen LogP contribution in [-0.2, 0) is 35.2 Å². The second-order valence-corrected chi connectivity index (χ2v) is 15.0. The Morgan fingerprint density at radius 1 is 0.477 bits per heavy atom. The van der Waals surface area contributed by atoms with Crippen LogP contribution in [0.15, 0.2) is 30.3 Å². The van der Waals surface area contributed by atoms with Crippen molar-refractivity contribution in [1.29, 1.82) is 0 Å². The second kappa shape index (κ2) is 54.6. The van der Waals surface area contributed by atoms with Crippen LogP contribution in [0.3, 0.4) is 0 Å². The second-order valence-electron chi connectivity index (χ2n) is 13.0. The van der Waals surface area contributed by atoms with Gasteiger partial charge < -0.3 is 102 Å². The van der Waals surface area contributed by atoms with Gasteiger partial charge >= 0.3 is 35.8 Å². The molecule has 65 heavy (non-hydrogen) atoms. The number of carboxylic acids is 6. The third-order valence-corrected chi connectivity index (χ3v) is 7.92. The van der Waals surface area contributed by atoms with Gasteiger partial charge in [-0.3, -0.25) is 28.8 Å². The Hall–Kier alpha value is -3.78. The van der Waals surface area contributed by atoms with E-state index in [2.05, 4.69) is 0 Å². The quantitative estimate of drug-likeness (QED) is 0.0502. The summed E-state index contributed by atoms with van der Waals surface area (Å²) in [7, 11) is 0. The van der Waals surface area contributed by atoms with Crippen molar-refractivity contribution in [2.75, 3.05) is 56.9 Å². The molecular weight excluding hydrogens is 905 g/mol. The van der Waals surface area contributed by atoms with E-state index in [1.807, 2.05) is 42.8 Å². The SMILES string of the molecule is CC(O)CO.CC(O)CO.CSCC[C@H](N)C(=O)O.CSCC[C@H](N)C(=O)O.NCCC[C@H](N)C(=O)O.NCCC[C@H](N)C(=O)O.N[C@@H](CO)C(=O)O.N[C@@H](Cc1ccccc1)C(=O)O. The van der Waals surface area contributed by atoms with Gasteiger partial charge in [-0.1, -0.05) is 30.3 Å². The number of thioether (sulfide) groups is 2. The molecule has 0 aliphatic heterocycles. The monoisotopic (exact) mass is 985 g/mol. The molecule has 1 aromatic rings. The molecule has 25 nitrogen and oxygen atoms in total. The summed E-state index contributed by atoms with van der Waals surface area (Å²) in [4.78, 5) is 60.2. The summed E-state index contributed by atoms with van der Waals surface area (Å²) >= 11 is 3.21. The Labute approximate surface area is 389 Å². The maximum atomic E-state index is 10.4. The van der Waals surface area contributed by atoms with Crippen molar-refractivity contribution < 1.29 is 84.9 Å². The van der Waals surface area contributed by atoms with Gasteiger partial charge in [-0.25, -0.2) is 0 Å².